The topological polar surface area (TPSA) is 73.8 Å². The van der Waals surface area contributed by atoms with Gasteiger partial charge >= 0.3 is 0 Å². The van der Waals surface area contributed by atoms with E-state index in [1.165, 1.54) is 0 Å². The van der Waals surface area contributed by atoms with Crippen molar-refractivity contribution in [1.82, 2.24) is 19.9 Å². The van der Waals surface area contributed by atoms with Crippen LogP contribution < -0.4 is 0 Å². The summed E-state index contributed by atoms with van der Waals surface area (Å²) in [5, 5.41) is 9.91. The maximum atomic E-state index is 11.9. The molecule has 20 heavy (non-hydrogen) atoms. The van der Waals surface area contributed by atoms with Gasteiger partial charge in [-0.3, -0.25) is 8.89 Å². The molecule has 0 amide bonds. The largest absolute Gasteiger partial charge is 0.338 e. The van der Waals surface area contributed by atoms with Crippen LogP contribution in [0, 0.1) is 0 Å². The zero-order valence-electron chi connectivity index (χ0n) is 10.5. The monoisotopic (exact) mass is 308 g/mol. The first kappa shape index (κ1) is 13.2. The van der Waals surface area contributed by atoms with Crippen molar-refractivity contribution in [3.05, 3.63) is 41.9 Å². The average molecular weight is 308 g/mol. The molecular weight excluding hydrogens is 296 g/mol. The minimum Gasteiger partial charge on any atom is -0.338 e. The SMILES string of the molecule is O=[S@@](CCn1cccn1)Cc1nc(-c2cccs2)no1. The highest BCUT2D eigenvalue weighted by Gasteiger charge is 2.12. The zero-order chi connectivity index (χ0) is 13.8. The molecule has 0 aliphatic rings. The molecule has 0 bridgehead atoms. The summed E-state index contributed by atoms with van der Waals surface area (Å²) in [6, 6.07) is 5.69. The molecule has 0 aliphatic carbocycles. The maximum Gasteiger partial charge on any atom is 0.239 e. The summed E-state index contributed by atoms with van der Waals surface area (Å²) in [5.74, 6) is 1.75. The standard InChI is InChI=1S/C12H12N4O2S2/c17-20(8-6-16-5-2-4-13-16)9-11-14-12(15-18-11)10-3-1-7-19-10/h1-5,7H,6,8-9H2/t20-/m0/s1. The molecule has 3 aromatic heterocycles. The van der Waals surface area contributed by atoms with E-state index < -0.39 is 10.8 Å². The number of aromatic nitrogens is 4. The summed E-state index contributed by atoms with van der Waals surface area (Å²) in [5.41, 5.74) is 0. The van der Waals surface area contributed by atoms with E-state index in [-0.39, 0.29) is 5.75 Å². The predicted molar refractivity (Wildman–Crippen MR) is 76.6 cm³/mol. The van der Waals surface area contributed by atoms with Crippen LogP contribution >= 0.6 is 11.3 Å². The molecule has 0 saturated carbocycles. The fraction of sp³-hybridized carbons (Fsp3) is 0.250. The molecule has 0 spiro atoms. The normalized spacial score (nSPS) is 12.6. The van der Waals surface area contributed by atoms with Crippen LogP contribution in [0.3, 0.4) is 0 Å². The van der Waals surface area contributed by atoms with E-state index in [0.29, 0.717) is 24.0 Å². The van der Waals surface area contributed by atoms with Gasteiger partial charge in [-0.2, -0.15) is 10.1 Å². The van der Waals surface area contributed by atoms with E-state index in [1.807, 2.05) is 29.8 Å². The second kappa shape index (κ2) is 6.10. The van der Waals surface area contributed by atoms with Gasteiger partial charge in [-0.25, -0.2) is 0 Å². The minimum absolute atomic E-state index is 0.277. The van der Waals surface area contributed by atoms with Gasteiger partial charge in [-0.1, -0.05) is 11.2 Å². The lowest BCUT2D eigenvalue weighted by atomic mass is 10.4. The fourth-order valence-corrected chi connectivity index (χ4v) is 3.23. The summed E-state index contributed by atoms with van der Waals surface area (Å²) in [6.45, 7) is 0.617. The van der Waals surface area contributed by atoms with E-state index in [0.717, 1.165) is 4.88 Å². The van der Waals surface area contributed by atoms with E-state index in [2.05, 4.69) is 15.2 Å². The Labute approximate surface area is 121 Å². The summed E-state index contributed by atoms with van der Waals surface area (Å²) in [4.78, 5) is 5.20. The van der Waals surface area contributed by atoms with Crippen LogP contribution in [-0.4, -0.2) is 29.9 Å². The van der Waals surface area contributed by atoms with Gasteiger partial charge in [0.1, 0.15) is 5.75 Å². The third kappa shape index (κ3) is 3.20. The van der Waals surface area contributed by atoms with Crippen molar-refractivity contribution in [3.8, 4) is 10.7 Å². The van der Waals surface area contributed by atoms with Crippen molar-refractivity contribution >= 4 is 22.1 Å². The number of aryl methyl sites for hydroxylation is 1. The molecule has 104 valence electrons. The van der Waals surface area contributed by atoms with Crippen LogP contribution in [0.15, 0.2) is 40.5 Å². The molecule has 0 aliphatic heterocycles. The second-order valence-corrected chi connectivity index (χ2v) is 6.57. The lowest BCUT2D eigenvalue weighted by Gasteiger charge is -1.99. The van der Waals surface area contributed by atoms with Crippen molar-refractivity contribution < 1.29 is 8.73 Å². The van der Waals surface area contributed by atoms with Gasteiger partial charge < -0.3 is 4.52 Å². The summed E-state index contributed by atoms with van der Waals surface area (Å²) in [7, 11) is -1.04. The number of rotatable bonds is 6. The Balaban J connectivity index is 1.56. The van der Waals surface area contributed by atoms with Gasteiger partial charge in [-0.05, 0) is 17.5 Å². The maximum absolute atomic E-state index is 11.9. The van der Waals surface area contributed by atoms with Crippen LogP contribution in [0.25, 0.3) is 10.7 Å². The highest BCUT2D eigenvalue weighted by atomic mass is 32.2. The smallest absolute Gasteiger partial charge is 0.239 e. The lowest BCUT2D eigenvalue weighted by molar-refractivity contribution is 0.391. The summed E-state index contributed by atoms with van der Waals surface area (Å²) >= 11 is 1.54. The van der Waals surface area contributed by atoms with Crippen LogP contribution in [0.5, 0.6) is 0 Å². The molecule has 0 saturated heterocycles. The number of thiophene rings is 1. The molecule has 0 N–H and O–H groups in total. The Morgan fingerprint density at radius 1 is 1.40 bits per heavy atom. The van der Waals surface area contributed by atoms with Gasteiger partial charge in [0.15, 0.2) is 0 Å². The molecule has 8 heteroatoms. The zero-order valence-corrected chi connectivity index (χ0v) is 12.1. The molecule has 0 aromatic carbocycles. The van der Waals surface area contributed by atoms with E-state index in [4.69, 9.17) is 4.52 Å². The van der Waals surface area contributed by atoms with Crippen molar-refractivity contribution in [3.63, 3.8) is 0 Å². The van der Waals surface area contributed by atoms with Gasteiger partial charge in [0, 0.05) is 28.9 Å². The number of hydrogen-bond acceptors (Lipinski definition) is 6. The molecule has 1 atom stereocenters. The van der Waals surface area contributed by atoms with Crippen molar-refractivity contribution in [2.24, 2.45) is 0 Å². The molecule has 3 aromatic rings. The first-order valence-electron chi connectivity index (χ1n) is 6.00. The predicted octanol–water partition coefficient (Wildman–Crippen LogP) is 1.94. The Hall–Kier alpha value is -1.80. The quantitative estimate of drug-likeness (QED) is 0.696. The Kier molecular flexibility index (Phi) is 4.03. The van der Waals surface area contributed by atoms with E-state index in [9.17, 15) is 4.21 Å². The van der Waals surface area contributed by atoms with Crippen LogP contribution in [0.4, 0.5) is 0 Å². The third-order valence-corrected chi connectivity index (χ3v) is 4.67. The Morgan fingerprint density at radius 3 is 3.10 bits per heavy atom. The number of hydrogen-bond donors (Lipinski definition) is 0. The molecule has 6 nitrogen and oxygen atoms in total. The van der Waals surface area contributed by atoms with E-state index in [1.54, 1.807) is 22.2 Å². The third-order valence-electron chi connectivity index (χ3n) is 2.60. The van der Waals surface area contributed by atoms with Gasteiger partial charge in [-0.15, -0.1) is 11.3 Å². The van der Waals surface area contributed by atoms with Crippen molar-refractivity contribution in [1.29, 1.82) is 0 Å². The minimum atomic E-state index is -1.04. The highest BCUT2D eigenvalue weighted by Crippen LogP contribution is 2.21. The summed E-state index contributed by atoms with van der Waals surface area (Å²) < 4.78 is 18.8. The molecule has 0 fully saturated rings. The fourth-order valence-electron chi connectivity index (χ4n) is 1.66. The molecule has 3 rings (SSSR count). The van der Waals surface area contributed by atoms with Crippen LogP contribution in [-0.2, 0) is 23.1 Å². The van der Waals surface area contributed by atoms with Gasteiger partial charge in [0.2, 0.25) is 11.7 Å². The lowest BCUT2D eigenvalue weighted by Crippen LogP contribution is -2.09. The van der Waals surface area contributed by atoms with Crippen LogP contribution in [0.2, 0.25) is 0 Å². The Morgan fingerprint density at radius 2 is 2.35 bits per heavy atom. The van der Waals surface area contributed by atoms with Crippen molar-refractivity contribution in [2.45, 2.75) is 12.3 Å². The molecule has 3 heterocycles. The molecule has 0 radical (unpaired) electrons. The van der Waals surface area contributed by atoms with Gasteiger partial charge in [0.25, 0.3) is 0 Å². The van der Waals surface area contributed by atoms with Gasteiger partial charge in [0.05, 0.1) is 11.4 Å². The Bertz CT molecular complexity index is 676. The first-order chi connectivity index (χ1) is 9.81. The number of nitrogens with zero attached hydrogens (tertiary/aromatic N) is 4. The first-order valence-corrected chi connectivity index (χ1v) is 8.37. The molecule has 0 unspecified atom stereocenters. The van der Waals surface area contributed by atoms with Crippen molar-refractivity contribution in [2.75, 3.05) is 5.75 Å². The second-order valence-electron chi connectivity index (χ2n) is 4.05. The van der Waals surface area contributed by atoms with Crippen LogP contribution in [0.1, 0.15) is 5.89 Å². The highest BCUT2D eigenvalue weighted by molar-refractivity contribution is 7.84. The van der Waals surface area contributed by atoms with E-state index >= 15 is 0 Å². The average Bonchev–Trinajstić information content (AvgIpc) is 3.18. The summed E-state index contributed by atoms with van der Waals surface area (Å²) in [6.07, 6.45) is 3.55. The molecular formula is C12H12N4O2S2.